The Morgan fingerprint density at radius 3 is 2.52 bits per heavy atom. The van der Waals surface area contributed by atoms with Crippen molar-refractivity contribution in [3.63, 3.8) is 0 Å². The van der Waals surface area contributed by atoms with E-state index in [1.807, 2.05) is 6.07 Å². The minimum Gasteiger partial charge on any atom is -0.447 e. The van der Waals surface area contributed by atoms with Crippen LogP contribution in [0.3, 0.4) is 0 Å². The van der Waals surface area contributed by atoms with Gasteiger partial charge in [-0.1, -0.05) is 11.8 Å². The number of pyridine rings is 2. The Labute approximate surface area is 120 Å². The molecule has 2 aromatic rings. The molecule has 6 heteroatoms. The summed E-state index contributed by atoms with van der Waals surface area (Å²) < 4.78 is 17.8. The summed E-state index contributed by atoms with van der Waals surface area (Å²) in [5.74, 6) is 5.28. The molecule has 0 aromatic carbocycles. The van der Waals surface area contributed by atoms with Gasteiger partial charge in [0.15, 0.2) is 0 Å². The fourth-order valence-electron chi connectivity index (χ4n) is 1.91. The van der Waals surface area contributed by atoms with Crippen molar-refractivity contribution in [1.82, 2.24) is 15.3 Å². The van der Waals surface area contributed by atoms with E-state index in [1.54, 1.807) is 12.4 Å². The van der Waals surface area contributed by atoms with E-state index in [0.29, 0.717) is 11.1 Å². The highest BCUT2D eigenvalue weighted by molar-refractivity contribution is 5.70. The van der Waals surface area contributed by atoms with Gasteiger partial charge < -0.3 is 10.1 Å². The average molecular weight is 283 g/mol. The number of nitrogens with one attached hydrogen (secondary N) is 1. The summed E-state index contributed by atoms with van der Waals surface area (Å²) in [6, 6.07) is 2.90. The summed E-state index contributed by atoms with van der Waals surface area (Å²) in [6.45, 7) is 0.269. The van der Waals surface area contributed by atoms with Gasteiger partial charge in [-0.05, 0) is 17.7 Å². The van der Waals surface area contributed by atoms with E-state index >= 15 is 0 Å². The summed E-state index contributed by atoms with van der Waals surface area (Å²) in [4.78, 5) is 18.8. The summed E-state index contributed by atoms with van der Waals surface area (Å²) in [6.07, 6.45) is 5.41. The monoisotopic (exact) mass is 283 g/mol. The second-order valence-electron chi connectivity index (χ2n) is 4.44. The minimum absolute atomic E-state index is 0.220. The molecule has 5 nitrogen and oxygen atoms in total. The third kappa shape index (κ3) is 3.15. The molecule has 1 amide bonds. The SMILES string of the molecule is O=C1N[C@H](c2cncc(C#Cc3cncc(F)c3)c2)CO1. The van der Waals surface area contributed by atoms with Crippen LogP contribution in [0.1, 0.15) is 22.7 Å². The Kier molecular flexibility index (Phi) is 3.48. The predicted molar refractivity (Wildman–Crippen MR) is 71.6 cm³/mol. The molecule has 0 spiro atoms. The molecule has 1 aliphatic rings. The molecule has 3 heterocycles. The number of ether oxygens (including phenoxy) is 1. The van der Waals surface area contributed by atoms with Crippen LogP contribution in [0, 0.1) is 17.7 Å². The highest BCUT2D eigenvalue weighted by Gasteiger charge is 2.23. The number of carbonyl (C=O) groups excluding carboxylic acids is 1. The smallest absolute Gasteiger partial charge is 0.407 e. The molecule has 0 unspecified atom stereocenters. The van der Waals surface area contributed by atoms with Crippen molar-refractivity contribution < 1.29 is 13.9 Å². The standard InChI is InChI=1S/C15H10FN3O2/c16-13-4-11(6-18-8-13)2-1-10-3-12(7-17-5-10)14-9-21-15(20)19-14/h3-8,14H,9H2,(H,19,20)/t14-/m0/s1. The lowest BCUT2D eigenvalue weighted by Crippen LogP contribution is -2.18. The molecule has 2 aromatic heterocycles. The highest BCUT2D eigenvalue weighted by Crippen LogP contribution is 2.17. The maximum absolute atomic E-state index is 13.0. The number of hydrogen-bond donors (Lipinski definition) is 1. The summed E-state index contributed by atoms with van der Waals surface area (Å²) in [7, 11) is 0. The quantitative estimate of drug-likeness (QED) is 0.810. The van der Waals surface area contributed by atoms with Gasteiger partial charge in [0, 0.05) is 29.7 Å². The molecule has 0 aliphatic carbocycles. The third-order valence-corrected chi connectivity index (χ3v) is 2.89. The second kappa shape index (κ2) is 5.59. The molecule has 1 atom stereocenters. The van der Waals surface area contributed by atoms with Gasteiger partial charge in [0.1, 0.15) is 12.4 Å². The first-order valence-electron chi connectivity index (χ1n) is 6.21. The van der Waals surface area contributed by atoms with Crippen LogP contribution in [-0.4, -0.2) is 22.7 Å². The van der Waals surface area contributed by atoms with Crippen molar-refractivity contribution in [3.8, 4) is 11.8 Å². The summed E-state index contributed by atoms with van der Waals surface area (Å²) in [5, 5.41) is 2.67. The Morgan fingerprint density at radius 2 is 1.86 bits per heavy atom. The van der Waals surface area contributed by atoms with Crippen LogP contribution in [0.5, 0.6) is 0 Å². The molecule has 1 saturated heterocycles. The second-order valence-corrected chi connectivity index (χ2v) is 4.44. The maximum Gasteiger partial charge on any atom is 0.407 e. The lowest BCUT2D eigenvalue weighted by molar-refractivity contribution is 0.177. The molecule has 0 radical (unpaired) electrons. The molecule has 1 aliphatic heterocycles. The van der Waals surface area contributed by atoms with Crippen molar-refractivity contribution in [2.75, 3.05) is 6.61 Å². The number of carbonyl (C=O) groups is 1. The number of hydrogen-bond acceptors (Lipinski definition) is 4. The number of cyclic esters (lactones) is 1. The molecule has 0 bridgehead atoms. The topological polar surface area (TPSA) is 64.1 Å². The summed E-state index contributed by atoms with van der Waals surface area (Å²) >= 11 is 0. The molecule has 1 fully saturated rings. The number of nitrogens with zero attached hydrogens (tertiary/aromatic N) is 2. The Balaban J connectivity index is 1.82. The van der Waals surface area contributed by atoms with Gasteiger partial charge in [-0.15, -0.1) is 0 Å². The van der Waals surface area contributed by atoms with Crippen molar-refractivity contribution in [1.29, 1.82) is 0 Å². The van der Waals surface area contributed by atoms with E-state index < -0.39 is 11.9 Å². The largest absolute Gasteiger partial charge is 0.447 e. The van der Waals surface area contributed by atoms with Crippen LogP contribution >= 0.6 is 0 Å². The van der Waals surface area contributed by atoms with Crippen molar-refractivity contribution in [3.05, 3.63) is 59.4 Å². The third-order valence-electron chi connectivity index (χ3n) is 2.89. The van der Waals surface area contributed by atoms with Crippen LogP contribution in [0.25, 0.3) is 0 Å². The van der Waals surface area contributed by atoms with E-state index in [-0.39, 0.29) is 12.6 Å². The van der Waals surface area contributed by atoms with Crippen LogP contribution in [-0.2, 0) is 4.74 Å². The lowest BCUT2D eigenvalue weighted by atomic mass is 10.1. The highest BCUT2D eigenvalue weighted by atomic mass is 19.1. The Morgan fingerprint density at radius 1 is 1.14 bits per heavy atom. The maximum atomic E-state index is 13.0. The van der Waals surface area contributed by atoms with Gasteiger partial charge in [-0.2, -0.15) is 0 Å². The van der Waals surface area contributed by atoms with Gasteiger partial charge in [0.2, 0.25) is 0 Å². The van der Waals surface area contributed by atoms with Gasteiger partial charge in [-0.25, -0.2) is 9.18 Å². The fraction of sp³-hybridized carbons (Fsp3) is 0.133. The Bertz CT molecular complexity index is 752. The number of aromatic nitrogens is 2. The fourth-order valence-corrected chi connectivity index (χ4v) is 1.91. The molecular weight excluding hydrogens is 273 g/mol. The predicted octanol–water partition coefficient (Wildman–Crippen LogP) is 1.80. The molecule has 0 saturated carbocycles. The average Bonchev–Trinajstić information content (AvgIpc) is 2.92. The van der Waals surface area contributed by atoms with Gasteiger partial charge in [0.25, 0.3) is 0 Å². The first-order valence-corrected chi connectivity index (χ1v) is 6.21. The summed E-state index contributed by atoms with van der Waals surface area (Å²) in [5.41, 5.74) is 1.96. The van der Waals surface area contributed by atoms with Gasteiger partial charge in [-0.3, -0.25) is 9.97 Å². The lowest BCUT2D eigenvalue weighted by Gasteiger charge is -2.06. The van der Waals surface area contributed by atoms with Crippen molar-refractivity contribution in [2.24, 2.45) is 0 Å². The number of rotatable bonds is 1. The normalized spacial score (nSPS) is 16.6. The molecule has 1 N–H and O–H groups in total. The number of amides is 1. The van der Waals surface area contributed by atoms with Gasteiger partial charge >= 0.3 is 6.09 Å². The van der Waals surface area contributed by atoms with E-state index in [1.165, 1.54) is 12.3 Å². The first-order chi connectivity index (χ1) is 10.2. The zero-order valence-electron chi connectivity index (χ0n) is 10.8. The van der Waals surface area contributed by atoms with Crippen molar-refractivity contribution in [2.45, 2.75) is 6.04 Å². The first kappa shape index (κ1) is 13.1. The molecule has 3 rings (SSSR count). The minimum atomic E-state index is -0.442. The zero-order valence-corrected chi connectivity index (χ0v) is 10.8. The van der Waals surface area contributed by atoms with E-state index in [2.05, 4.69) is 27.1 Å². The van der Waals surface area contributed by atoms with Crippen molar-refractivity contribution >= 4 is 6.09 Å². The van der Waals surface area contributed by atoms with Crippen LogP contribution < -0.4 is 5.32 Å². The number of halogens is 1. The molecule has 21 heavy (non-hydrogen) atoms. The van der Waals surface area contributed by atoms with Gasteiger partial charge in [0.05, 0.1) is 12.2 Å². The molecule has 104 valence electrons. The van der Waals surface area contributed by atoms with E-state index in [0.717, 1.165) is 11.8 Å². The van der Waals surface area contributed by atoms with Crippen LogP contribution in [0.15, 0.2) is 36.9 Å². The zero-order chi connectivity index (χ0) is 14.7. The van der Waals surface area contributed by atoms with Crippen LogP contribution in [0.4, 0.5) is 9.18 Å². The van der Waals surface area contributed by atoms with E-state index in [4.69, 9.17) is 4.74 Å². The Hall–Kier alpha value is -2.94. The number of alkyl carbamates (subject to hydrolysis) is 1. The molecular formula is C15H10FN3O2. The van der Waals surface area contributed by atoms with E-state index in [9.17, 15) is 9.18 Å². The van der Waals surface area contributed by atoms with Crippen LogP contribution in [0.2, 0.25) is 0 Å².